The van der Waals surface area contributed by atoms with Crippen molar-refractivity contribution < 1.29 is 18.0 Å². The molecule has 1 aromatic carbocycles. The molecule has 2 rings (SSSR count). The Hall–Kier alpha value is -1.76. The van der Waals surface area contributed by atoms with Crippen LogP contribution in [0.3, 0.4) is 0 Å². The second-order valence-corrected chi connectivity index (χ2v) is 5.22. The van der Waals surface area contributed by atoms with Gasteiger partial charge in [-0.2, -0.15) is 13.2 Å². The molecule has 1 saturated heterocycles. The average molecular weight is 301 g/mol. The molecule has 7 heteroatoms. The monoisotopic (exact) mass is 301 g/mol. The smallest absolute Gasteiger partial charge is 0.385 e. The largest absolute Gasteiger partial charge is 0.417 e. The first-order valence-corrected chi connectivity index (χ1v) is 6.83. The topological polar surface area (TPSA) is 67.2 Å². The van der Waals surface area contributed by atoms with Crippen molar-refractivity contribution in [3.63, 3.8) is 0 Å². The quantitative estimate of drug-likeness (QED) is 0.799. The summed E-state index contributed by atoms with van der Waals surface area (Å²) in [6.07, 6.45) is -2.49. The maximum absolute atomic E-state index is 12.9. The number of primary amides is 1. The predicted molar refractivity (Wildman–Crippen MR) is 74.0 cm³/mol. The van der Waals surface area contributed by atoms with Gasteiger partial charge < -0.3 is 16.4 Å². The van der Waals surface area contributed by atoms with E-state index in [0.29, 0.717) is 18.2 Å². The summed E-state index contributed by atoms with van der Waals surface area (Å²) in [4.78, 5) is 11.1. The van der Waals surface area contributed by atoms with Gasteiger partial charge in [0.25, 0.3) is 0 Å². The molecule has 1 fully saturated rings. The van der Waals surface area contributed by atoms with E-state index in [1.807, 2.05) is 0 Å². The third kappa shape index (κ3) is 4.10. The van der Waals surface area contributed by atoms with Gasteiger partial charge in [-0.05, 0) is 50.0 Å². The van der Waals surface area contributed by atoms with Gasteiger partial charge in [0.2, 0.25) is 5.91 Å². The van der Waals surface area contributed by atoms with E-state index in [4.69, 9.17) is 5.73 Å². The van der Waals surface area contributed by atoms with E-state index in [0.717, 1.165) is 38.1 Å². The first kappa shape index (κ1) is 15.6. The lowest BCUT2D eigenvalue weighted by atomic mass is 9.99. The molecule has 21 heavy (non-hydrogen) atoms. The molecule has 0 radical (unpaired) electrons. The lowest BCUT2D eigenvalue weighted by Crippen LogP contribution is -2.33. The van der Waals surface area contributed by atoms with Gasteiger partial charge in [0, 0.05) is 12.2 Å². The number of amides is 1. The molecule has 1 aliphatic rings. The van der Waals surface area contributed by atoms with Crippen LogP contribution in [0.2, 0.25) is 0 Å². The Kier molecular flexibility index (Phi) is 4.72. The number of piperidine rings is 1. The molecular weight excluding hydrogens is 283 g/mol. The van der Waals surface area contributed by atoms with Gasteiger partial charge in [0.05, 0.1) is 11.1 Å². The van der Waals surface area contributed by atoms with Gasteiger partial charge in [-0.15, -0.1) is 0 Å². The normalized spacial score (nSPS) is 19.3. The van der Waals surface area contributed by atoms with Crippen LogP contribution >= 0.6 is 0 Å². The van der Waals surface area contributed by atoms with E-state index in [9.17, 15) is 18.0 Å². The minimum Gasteiger partial charge on any atom is -0.385 e. The predicted octanol–water partition coefficient (Wildman–Crippen LogP) is 2.22. The Morgan fingerprint density at radius 1 is 1.43 bits per heavy atom. The van der Waals surface area contributed by atoms with E-state index in [-0.39, 0.29) is 0 Å². The van der Waals surface area contributed by atoms with Crippen molar-refractivity contribution in [3.8, 4) is 0 Å². The Labute approximate surface area is 120 Å². The molecule has 0 aliphatic carbocycles. The highest BCUT2D eigenvalue weighted by Crippen LogP contribution is 2.33. The van der Waals surface area contributed by atoms with Crippen molar-refractivity contribution in [1.29, 1.82) is 0 Å². The zero-order valence-electron chi connectivity index (χ0n) is 11.5. The SMILES string of the molecule is NC(=O)c1ccc(NCC2CCCNC2)cc1C(F)(F)F. The lowest BCUT2D eigenvalue weighted by Gasteiger charge is -2.23. The summed E-state index contributed by atoms with van der Waals surface area (Å²) in [5.41, 5.74) is 3.82. The molecule has 0 spiro atoms. The maximum Gasteiger partial charge on any atom is 0.417 e. The third-order valence-corrected chi connectivity index (χ3v) is 3.58. The molecule has 4 N–H and O–H groups in total. The van der Waals surface area contributed by atoms with Crippen molar-refractivity contribution in [2.45, 2.75) is 19.0 Å². The molecule has 116 valence electrons. The van der Waals surface area contributed by atoms with Crippen LogP contribution in [-0.2, 0) is 6.18 Å². The van der Waals surface area contributed by atoms with Crippen molar-refractivity contribution in [2.24, 2.45) is 11.7 Å². The summed E-state index contributed by atoms with van der Waals surface area (Å²) in [6, 6.07) is 3.51. The Balaban J connectivity index is 2.11. The number of carbonyl (C=O) groups is 1. The summed E-state index contributed by atoms with van der Waals surface area (Å²) in [7, 11) is 0. The summed E-state index contributed by atoms with van der Waals surface area (Å²) in [5, 5.41) is 6.25. The van der Waals surface area contributed by atoms with Gasteiger partial charge in [-0.25, -0.2) is 0 Å². The van der Waals surface area contributed by atoms with Gasteiger partial charge in [0.1, 0.15) is 0 Å². The fraction of sp³-hybridized carbons (Fsp3) is 0.500. The number of hydrogen-bond acceptors (Lipinski definition) is 3. The second kappa shape index (κ2) is 6.34. The van der Waals surface area contributed by atoms with Crippen LogP contribution in [-0.4, -0.2) is 25.5 Å². The van der Waals surface area contributed by atoms with Crippen LogP contribution in [0, 0.1) is 5.92 Å². The molecule has 1 amide bonds. The molecule has 1 unspecified atom stereocenters. The Bertz CT molecular complexity index is 511. The molecule has 1 aliphatic heterocycles. The molecule has 1 atom stereocenters. The first-order valence-electron chi connectivity index (χ1n) is 6.83. The summed E-state index contributed by atoms with van der Waals surface area (Å²) >= 11 is 0. The number of halogens is 3. The van der Waals surface area contributed by atoms with Crippen LogP contribution in [0.15, 0.2) is 18.2 Å². The molecule has 0 aromatic heterocycles. The molecular formula is C14H18F3N3O. The minimum atomic E-state index is -4.60. The Morgan fingerprint density at radius 2 is 2.19 bits per heavy atom. The second-order valence-electron chi connectivity index (χ2n) is 5.22. The van der Waals surface area contributed by atoms with Crippen molar-refractivity contribution >= 4 is 11.6 Å². The van der Waals surface area contributed by atoms with E-state index in [2.05, 4.69) is 10.6 Å². The number of nitrogens with one attached hydrogen (secondary N) is 2. The fourth-order valence-corrected chi connectivity index (χ4v) is 2.46. The van der Waals surface area contributed by atoms with E-state index < -0.39 is 23.2 Å². The highest BCUT2D eigenvalue weighted by Gasteiger charge is 2.35. The zero-order chi connectivity index (χ0) is 15.5. The molecule has 0 bridgehead atoms. The summed E-state index contributed by atoms with van der Waals surface area (Å²) < 4.78 is 38.8. The van der Waals surface area contributed by atoms with Crippen LogP contribution in [0.5, 0.6) is 0 Å². The number of carbonyl (C=O) groups excluding carboxylic acids is 1. The number of anilines is 1. The lowest BCUT2D eigenvalue weighted by molar-refractivity contribution is -0.137. The van der Waals surface area contributed by atoms with E-state index >= 15 is 0 Å². The maximum atomic E-state index is 12.9. The number of nitrogens with two attached hydrogens (primary N) is 1. The zero-order valence-corrected chi connectivity index (χ0v) is 11.5. The molecule has 0 saturated carbocycles. The van der Waals surface area contributed by atoms with Gasteiger partial charge in [-0.3, -0.25) is 4.79 Å². The van der Waals surface area contributed by atoms with Crippen LogP contribution in [0.25, 0.3) is 0 Å². The fourth-order valence-electron chi connectivity index (χ4n) is 2.46. The number of hydrogen-bond donors (Lipinski definition) is 3. The van der Waals surface area contributed by atoms with Crippen molar-refractivity contribution in [2.75, 3.05) is 25.0 Å². The summed E-state index contributed by atoms with van der Waals surface area (Å²) in [6.45, 7) is 2.45. The molecule has 4 nitrogen and oxygen atoms in total. The first-order chi connectivity index (χ1) is 9.88. The molecule has 1 heterocycles. The summed E-state index contributed by atoms with van der Waals surface area (Å²) in [5.74, 6) is -0.686. The van der Waals surface area contributed by atoms with Crippen LogP contribution in [0.1, 0.15) is 28.8 Å². The number of benzene rings is 1. The van der Waals surface area contributed by atoms with Crippen LogP contribution in [0.4, 0.5) is 18.9 Å². The van der Waals surface area contributed by atoms with Gasteiger partial charge in [0.15, 0.2) is 0 Å². The highest BCUT2D eigenvalue weighted by molar-refractivity contribution is 5.95. The minimum absolute atomic E-state index is 0.345. The number of rotatable bonds is 4. The van der Waals surface area contributed by atoms with Gasteiger partial charge in [-0.1, -0.05) is 0 Å². The molecule has 1 aromatic rings. The number of alkyl halides is 3. The third-order valence-electron chi connectivity index (χ3n) is 3.58. The standard InChI is InChI=1S/C14H18F3N3O/c15-14(16,17)12-6-10(3-4-11(12)13(18)21)20-8-9-2-1-5-19-7-9/h3-4,6,9,19-20H,1-2,5,7-8H2,(H2,18,21). The van der Waals surface area contributed by atoms with Crippen molar-refractivity contribution in [3.05, 3.63) is 29.3 Å². The Morgan fingerprint density at radius 3 is 2.76 bits per heavy atom. The van der Waals surface area contributed by atoms with Crippen LogP contribution < -0.4 is 16.4 Å². The van der Waals surface area contributed by atoms with Gasteiger partial charge >= 0.3 is 6.18 Å². The average Bonchev–Trinajstić information content (AvgIpc) is 2.45. The van der Waals surface area contributed by atoms with E-state index in [1.165, 1.54) is 6.07 Å². The van der Waals surface area contributed by atoms with Crippen molar-refractivity contribution in [1.82, 2.24) is 5.32 Å². The highest BCUT2D eigenvalue weighted by atomic mass is 19.4. The van der Waals surface area contributed by atoms with E-state index in [1.54, 1.807) is 0 Å².